The van der Waals surface area contributed by atoms with E-state index in [9.17, 15) is 0 Å². The predicted molar refractivity (Wildman–Crippen MR) is 279 cm³/mol. The summed E-state index contributed by atoms with van der Waals surface area (Å²) in [7, 11) is -1.04. The van der Waals surface area contributed by atoms with Gasteiger partial charge in [-0.05, 0) is 157 Å². The van der Waals surface area contributed by atoms with E-state index < -0.39 is 7.92 Å². The zero-order valence-corrected chi connectivity index (χ0v) is 36.7. The molecule has 0 amide bonds. The Kier molecular flexibility index (Phi) is 11.1. The van der Waals surface area contributed by atoms with Gasteiger partial charge in [0.1, 0.15) is 0 Å². The van der Waals surface area contributed by atoms with Crippen LogP contribution < -0.4 is 15.9 Å². The van der Waals surface area contributed by atoms with Crippen LogP contribution in [0.1, 0.15) is 0 Å². The van der Waals surface area contributed by atoms with Crippen molar-refractivity contribution in [3.8, 4) is 78.0 Å². The Morgan fingerprint density at radius 2 is 0.554 bits per heavy atom. The normalized spacial score (nSPS) is 11.2. The molecule has 0 aliphatic carbocycles. The third kappa shape index (κ3) is 8.47. The van der Waals surface area contributed by atoms with E-state index in [0.29, 0.717) is 0 Å². The molecular formula is C63H44NP. The number of hydrogen-bond donors (Lipinski definition) is 0. The van der Waals surface area contributed by atoms with Crippen LogP contribution in [0.4, 0.5) is 0 Å². The van der Waals surface area contributed by atoms with E-state index >= 15 is 0 Å². The van der Waals surface area contributed by atoms with E-state index in [1.807, 2.05) is 6.20 Å². The maximum Gasteiger partial charge on any atom is 0.0780 e. The van der Waals surface area contributed by atoms with Crippen LogP contribution in [-0.2, 0) is 0 Å². The average molecular weight is 846 g/mol. The molecule has 0 radical (unpaired) electrons. The van der Waals surface area contributed by atoms with E-state index in [2.05, 4.69) is 261 Å². The van der Waals surface area contributed by atoms with E-state index in [4.69, 9.17) is 4.98 Å². The van der Waals surface area contributed by atoms with Gasteiger partial charge in [0, 0.05) is 17.1 Å². The van der Waals surface area contributed by atoms with Crippen LogP contribution in [-0.4, -0.2) is 4.98 Å². The standard InChI is InChI=1S/C63H44NP/c1-5-18-45(19-6-1)53-36-54(46-20-7-2-8-21-46)39-57(38-53)50-27-15-30-59(42-50)65(61-32-17-29-52(44-61)63-62-33-14-13-26-49(62)34-35-64-63)60-31-16-28-51(43-60)58-40-55(47-22-9-3-10-23-47)37-56(41-58)48-24-11-4-12-25-48/h1-44H. The second kappa shape index (κ2) is 18.0. The van der Waals surface area contributed by atoms with Crippen LogP contribution in [0.15, 0.2) is 267 Å². The summed E-state index contributed by atoms with van der Waals surface area (Å²) in [6, 6.07) is 95.2. The van der Waals surface area contributed by atoms with Crippen LogP contribution in [0.3, 0.4) is 0 Å². The lowest BCUT2D eigenvalue weighted by atomic mass is 9.93. The monoisotopic (exact) mass is 845 g/mol. The van der Waals surface area contributed by atoms with Gasteiger partial charge in [-0.1, -0.05) is 200 Å². The number of fused-ring (bicyclic) bond motifs is 1. The van der Waals surface area contributed by atoms with Gasteiger partial charge in [0.2, 0.25) is 0 Å². The number of pyridine rings is 1. The largest absolute Gasteiger partial charge is 0.256 e. The van der Waals surface area contributed by atoms with Gasteiger partial charge in [0.25, 0.3) is 0 Å². The molecule has 2 heteroatoms. The van der Waals surface area contributed by atoms with Crippen molar-refractivity contribution in [3.63, 3.8) is 0 Å². The molecule has 0 N–H and O–H groups in total. The van der Waals surface area contributed by atoms with Crippen LogP contribution in [0.5, 0.6) is 0 Å². The molecule has 1 nitrogen and oxygen atoms in total. The lowest BCUT2D eigenvalue weighted by Crippen LogP contribution is -2.21. The Morgan fingerprint density at radius 1 is 0.231 bits per heavy atom. The molecule has 0 saturated carbocycles. The number of hydrogen-bond acceptors (Lipinski definition) is 1. The summed E-state index contributed by atoms with van der Waals surface area (Å²) in [6.07, 6.45) is 1.93. The summed E-state index contributed by atoms with van der Waals surface area (Å²) >= 11 is 0. The van der Waals surface area contributed by atoms with Crippen molar-refractivity contribution in [2.45, 2.75) is 0 Å². The minimum Gasteiger partial charge on any atom is -0.256 e. The molecule has 10 aromatic carbocycles. The molecule has 11 aromatic rings. The van der Waals surface area contributed by atoms with E-state index in [0.717, 1.165) is 16.6 Å². The van der Waals surface area contributed by atoms with Crippen LogP contribution in [0.2, 0.25) is 0 Å². The molecule has 0 unspecified atom stereocenters. The van der Waals surface area contributed by atoms with Gasteiger partial charge in [-0.25, -0.2) is 0 Å². The third-order valence-corrected chi connectivity index (χ3v) is 14.6. The molecule has 0 fully saturated rings. The Bertz CT molecular complexity index is 3130. The van der Waals surface area contributed by atoms with Crippen molar-refractivity contribution < 1.29 is 0 Å². The zero-order valence-electron chi connectivity index (χ0n) is 35.8. The molecule has 0 aliphatic heterocycles. The summed E-state index contributed by atoms with van der Waals surface area (Å²) in [5.74, 6) is 0. The highest BCUT2D eigenvalue weighted by molar-refractivity contribution is 7.79. The quantitative estimate of drug-likeness (QED) is 0.125. The van der Waals surface area contributed by atoms with Crippen molar-refractivity contribution >= 4 is 34.6 Å². The van der Waals surface area contributed by atoms with Gasteiger partial charge in [0.05, 0.1) is 5.69 Å². The molecule has 11 rings (SSSR count). The fourth-order valence-electron chi connectivity index (χ4n) is 9.02. The first kappa shape index (κ1) is 39.9. The van der Waals surface area contributed by atoms with Crippen molar-refractivity contribution in [1.29, 1.82) is 0 Å². The SMILES string of the molecule is c1ccc(-c2cc(-c3ccccc3)cc(-c3cccc(P(c4cccc(-c5cc(-c6ccccc6)cc(-c6ccccc6)c5)c4)c4cccc(-c5nccc6ccccc56)c4)c3)c2)cc1. The van der Waals surface area contributed by atoms with Gasteiger partial charge in [-0.2, -0.15) is 0 Å². The van der Waals surface area contributed by atoms with E-state index in [1.54, 1.807) is 0 Å². The number of nitrogens with zero attached hydrogens (tertiary/aromatic N) is 1. The number of rotatable bonds is 10. The second-order valence-corrected chi connectivity index (χ2v) is 18.6. The van der Waals surface area contributed by atoms with Gasteiger partial charge in [-0.3, -0.25) is 4.98 Å². The van der Waals surface area contributed by atoms with Gasteiger partial charge in [0.15, 0.2) is 0 Å². The van der Waals surface area contributed by atoms with Crippen molar-refractivity contribution in [3.05, 3.63) is 267 Å². The maximum atomic E-state index is 4.97. The second-order valence-electron chi connectivity index (χ2n) is 16.4. The highest BCUT2D eigenvalue weighted by Gasteiger charge is 2.21. The fourth-order valence-corrected chi connectivity index (χ4v) is 11.4. The summed E-state index contributed by atoms with van der Waals surface area (Å²) in [4.78, 5) is 4.97. The summed E-state index contributed by atoms with van der Waals surface area (Å²) in [5.41, 5.74) is 16.5. The molecular weight excluding hydrogens is 802 g/mol. The van der Waals surface area contributed by atoms with E-state index in [-0.39, 0.29) is 0 Å². The lowest BCUT2D eigenvalue weighted by Gasteiger charge is -2.22. The molecule has 306 valence electrons. The minimum atomic E-state index is -1.04. The van der Waals surface area contributed by atoms with Crippen molar-refractivity contribution in [2.75, 3.05) is 0 Å². The van der Waals surface area contributed by atoms with E-state index in [1.165, 1.54) is 88.1 Å². The van der Waals surface area contributed by atoms with Crippen LogP contribution >= 0.6 is 7.92 Å². The average Bonchev–Trinajstić information content (AvgIpc) is 3.39. The molecule has 0 spiro atoms. The molecule has 0 saturated heterocycles. The third-order valence-electron chi connectivity index (χ3n) is 12.2. The Labute approximate surface area is 382 Å². The summed E-state index contributed by atoms with van der Waals surface area (Å²) < 4.78 is 0. The molecule has 0 bridgehead atoms. The lowest BCUT2D eigenvalue weighted by molar-refractivity contribution is 1.36. The molecule has 65 heavy (non-hydrogen) atoms. The van der Waals surface area contributed by atoms with Crippen LogP contribution in [0.25, 0.3) is 88.8 Å². The minimum absolute atomic E-state index is 1.000. The fraction of sp³-hybridized carbons (Fsp3) is 0. The first-order valence-corrected chi connectivity index (χ1v) is 23.5. The van der Waals surface area contributed by atoms with Gasteiger partial charge in [-0.15, -0.1) is 0 Å². The van der Waals surface area contributed by atoms with Gasteiger partial charge < -0.3 is 0 Å². The number of aromatic nitrogens is 1. The number of benzene rings is 10. The Morgan fingerprint density at radius 3 is 0.969 bits per heavy atom. The highest BCUT2D eigenvalue weighted by Crippen LogP contribution is 2.40. The van der Waals surface area contributed by atoms with Gasteiger partial charge >= 0.3 is 0 Å². The maximum absolute atomic E-state index is 4.97. The summed E-state index contributed by atoms with van der Waals surface area (Å²) in [6.45, 7) is 0. The first-order chi connectivity index (χ1) is 32.2. The topological polar surface area (TPSA) is 12.9 Å². The first-order valence-electron chi connectivity index (χ1n) is 22.2. The smallest absolute Gasteiger partial charge is 0.0780 e. The highest BCUT2D eigenvalue weighted by atomic mass is 31.1. The molecule has 0 atom stereocenters. The predicted octanol–water partition coefficient (Wildman–Crippen LogP) is 15.7. The Balaban J connectivity index is 1.08. The zero-order chi connectivity index (χ0) is 43.4. The Hall–Kier alpha value is -7.96. The molecule has 1 heterocycles. The molecule has 0 aliphatic rings. The van der Waals surface area contributed by atoms with Crippen molar-refractivity contribution in [2.24, 2.45) is 0 Å². The van der Waals surface area contributed by atoms with Crippen molar-refractivity contribution in [1.82, 2.24) is 4.98 Å². The van der Waals surface area contributed by atoms with Crippen LogP contribution in [0, 0.1) is 0 Å². The summed E-state index contributed by atoms with van der Waals surface area (Å²) in [5, 5.41) is 6.18. The molecule has 1 aromatic heterocycles.